The summed E-state index contributed by atoms with van der Waals surface area (Å²) in [6, 6.07) is 5.52. The van der Waals surface area contributed by atoms with Crippen molar-refractivity contribution in [3.8, 4) is 0 Å². The maximum absolute atomic E-state index is 9.00. The molecule has 1 heterocycles. The number of methoxy groups -OCH3 is 2. The number of benzene rings is 1. The standard InChI is InChI=1S/C17H19ClN2O3.C2H4O2/c1-21-14-5-3-4-11(17(14)22-2)16-12-8-10(18)6-7-13(12)20-15(19)9-23-16;1-2(3)4/h3-8,11,16-17H,9H2,1-2H3,(H2,19,20);1H3,(H,3,4). The lowest BCUT2D eigenvalue weighted by atomic mass is 9.86. The van der Waals surface area contributed by atoms with Crippen molar-refractivity contribution in [3.63, 3.8) is 0 Å². The topological polar surface area (TPSA) is 103 Å². The Bertz CT molecular complexity index is 771. The fourth-order valence-electron chi connectivity index (χ4n) is 3.01. The number of aliphatic imine (C=N–C) groups is 1. The number of nitrogens with zero attached hydrogens (tertiary/aromatic N) is 1. The number of rotatable bonds is 3. The average molecular weight is 395 g/mol. The Morgan fingerprint density at radius 3 is 2.74 bits per heavy atom. The minimum atomic E-state index is -0.833. The van der Waals surface area contributed by atoms with Crippen LogP contribution in [-0.4, -0.2) is 43.8 Å². The van der Waals surface area contributed by atoms with Crippen molar-refractivity contribution in [1.82, 2.24) is 0 Å². The van der Waals surface area contributed by atoms with E-state index in [0.29, 0.717) is 10.9 Å². The van der Waals surface area contributed by atoms with Crippen LogP contribution in [0.1, 0.15) is 18.6 Å². The molecule has 0 aromatic heterocycles. The Morgan fingerprint density at radius 1 is 1.41 bits per heavy atom. The van der Waals surface area contributed by atoms with Crippen molar-refractivity contribution in [3.05, 3.63) is 52.8 Å². The van der Waals surface area contributed by atoms with Gasteiger partial charge in [-0.15, -0.1) is 0 Å². The molecule has 1 aromatic rings. The Kier molecular flexibility index (Phi) is 7.41. The zero-order chi connectivity index (χ0) is 20.0. The van der Waals surface area contributed by atoms with Gasteiger partial charge in [-0.05, 0) is 24.3 Å². The fourth-order valence-corrected chi connectivity index (χ4v) is 3.19. The molecule has 0 fully saturated rings. The molecule has 8 heteroatoms. The zero-order valence-electron chi connectivity index (χ0n) is 15.4. The van der Waals surface area contributed by atoms with Gasteiger partial charge >= 0.3 is 0 Å². The number of carboxylic acids is 1. The molecule has 3 N–H and O–H groups in total. The number of halogens is 1. The van der Waals surface area contributed by atoms with Crippen LogP contribution in [0.25, 0.3) is 0 Å². The summed E-state index contributed by atoms with van der Waals surface area (Å²) in [6.07, 6.45) is 5.36. The first-order valence-corrected chi connectivity index (χ1v) is 8.64. The third-order valence-corrected chi connectivity index (χ3v) is 4.27. The summed E-state index contributed by atoms with van der Waals surface area (Å²) in [5.74, 6) is 0.288. The number of amidine groups is 1. The van der Waals surface area contributed by atoms with Crippen LogP contribution in [0.4, 0.5) is 5.69 Å². The van der Waals surface area contributed by atoms with Crippen molar-refractivity contribution in [2.75, 3.05) is 20.8 Å². The smallest absolute Gasteiger partial charge is 0.300 e. The van der Waals surface area contributed by atoms with E-state index in [2.05, 4.69) is 4.99 Å². The van der Waals surface area contributed by atoms with Gasteiger partial charge in [0.05, 0.1) is 18.9 Å². The third-order valence-electron chi connectivity index (χ3n) is 4.03. The highest BCUT2D eigenvalue weighted by atomic mass is 35.5. The van der Waals surface area contributed by atoms with Gasteiger partial charge in [0.2, 0.25) is 0 Å². The second kappa shape index (κ2) is 9.55. The van der Waals surface area contributed by atoms with Crippen LogP contribution in [0, 0.1) is 5.92 Å². The van der Waals surface area contributed by atoms with Crippen molar-refractivity contribution >= 4 is 29.1 Å². The summed E-state index contributed by atoms with van der Waals surface area (Å²) in [5.41, 5.74) is 7.57. The van der Waals surface area contributed by atoms with Gasteiger partial charge in [-0.1, -0.05) is 23.8 Å². The van der Waals surface area contributed by atoms with Crippen LogP contribution in [0.2, 0.25) is 5.02 Å². The summed E-state index contributed by atoms with van der Waals surface area (Å²) in [4.78, 5) is 13.4. The predicted octanol–water partition coefficient (Wildman–Crippen LogP) is 3.22. The van der Waals surface area contributed by atoms with Gasteiger partial charge in [0.15, 0.2) is 0 Å². The van der Waals surface area contributed by atoms with Gasteiger partial charge in [0, 0.05) is 30.5 Å². The average Bonchev–Trinajstić information content (AvgIpc) is 2.78. The molecule has 0 spiro atoms. The lowest BCUT2D eigenvalue weighted by Crippen LogP contribution is -2.33. The highest BCUT2D eigenvalue weighted by Crippen LogP contribution is 2.41. The van der Waals surface area contributed by atoms with Crippen molar-refractivity contribution in [2.45, 2.75) is 19.1 Å². The third kappa shape index (κ3) is 5.32. The van der Waals surface area contributed by atoms with E-state index < -0.39 is 5.97 Å². The van der Waals surface area contributed by atoms with Gasteiger partial charge < -0.3 is 25.1 Å². The number of ether oxygens (including phenoxy) is 3. The number of aliphatic carboxylic acids is 1. The summed E-state index contributed by atoms with van der Waals surface area (Å²) >= 11 is 6.18. The highest BCUT2D eigenvalue weighted by Gasteiger charge is 2.36. The number of allylic oxidation sites excluding steroid dienone is 2. The Balaban J connectivity index is 0.000000596. The van der Waals surface area contributed by atoms with Gasteiger partial charge in [-0.2, -0.15) is 0 Å². The van der Waals surface area contributed by atoms with Crippen molar-refractivity contribution in [2.24, 2.45) is 16.6 Å². The number of nitrogens with two attached hydrogens (primary N) is 1. The van der Waals surface area contributed by atoms with Crippen LogP contribution in [0.5, 0.6) is 0 Å². The summed E-state index contributed by atoms with van der Waals surface area (Å²) < 4.78 is 17.1. The molecule has 2 aliphatic rings. The lowest BCUT2D eigenvalue weighted by molar-refractivity contribution is -0.134. The molecule has 7 nitrogen and oxygen atoms in total. The Hall–Kier alpha value is -2.35. The molecule has 3 unspecified atom stereocenters. The molecular weight excluding hydrogens is 372 g/mol. The molecule has 0 saturated carbocycles. The summed E-state index contributed by atoms with van der Waals surface area (Å²) in [5, 5.41) is 8.05. The maximum Gasteiger partial charge on any atom is 0.300 e. The molecule has 1 aromatic carbocycles. The van der Waals surface area contributed by atoms with E-state index in [1.807, 2.05) is 30.4 Å². The van der Waals surface area contributed by atoms with Crippen LogP contribution >= 0.6 is 11.6 Å². The number of fused-ring (bicyclic) bond motifs is 1. The van der Waals surface area contributed by atoms with E-state index in [1.165, 1.54) is 0 Å². The van der Waals surface area contributed by atoms with Crippen LogP contribution in [-0.2, 0) is 19.0 Å². The number of carboxylic acid groups (broad SMARTS) is 1. The van der Waals surface area contributed by atoms with E-state index in [-0.39, 0.29) is 24.7 Å². The molecule has 0 amide bonds. The Morgan fingerprint density at radius 2 is 2.11 bits per heavy atom. The van der Waals surface area contributed by atoms with E-state index in [4.69, 9.17) is 41.4 Å². The van der Waals surface area contributed by atoms with Gasteiger partial charge in [0.25, 0.3) is 5.97 Å². The van der Waals surface area contributed by atoms with Crippen molar-refractivity contribution in [1.29, 1.82) is 0 Å². The molecule has 146 valence electrons. The molecule has 27 heavy (non-hydrogen) atoms. The van der Waals surface area contributed by atoms with Crippen LogP contribution in [0.3, 0.4) is 0 Å². The fraction of sp³-hybridized carbons (Fsp3) is 0.368. The first kappa shape index (κ1) is 21.0. The highest BCUT2D eigenvalue weighted by molar-refractivity contribution is 6.30. The molecule has 0 radical (unpaired) electrons. The van der Waals surface area contributed by atoms with E-state index >= 15 is 0 Å². The minimum absolute atomic E-state index is 0.0710. The first-order valence-electron chi connectivity index (χ1n) is 8.26. The van der Waals surface area contributed by atoms with Crippen LogP contribution < -0.4 is 5.73 Å². The van der Waals surface area contributed by atoms with E-state index in [1.54, 1.807) is 20.3 Å². The zero-order valence-corrected chi connectivity index (χ0v) is 16.1. The number of carbonyl (C=O) groups is 1. The van der Waals surface area contributed by atoms with Gasteiger partial charge in [-0.25, -0.2) is 4.99 Å². The molecule has 3 atom stereocenters. The van der Waals surface area contributed by atoms with Gasteiger partial charge in [0.1, 0.15) is 24.3 Å². The molecule has 1 aliphatic carbocycles. The first-order chi connectivity index (χ1) is 12.9. The minimum Gasteiger partial charge on any atom is -0.498 e. The molecule has 0 saturated heterocycles. The molecular formula is C19H23ClN2O5. The predicted molar refractivity (Wildman–Crippen MR) is 103 cm³/mol. The van der Waals surface area contributed by atoms with E-state index in [0.717, 1.165) is 23.9 Å². The molecule has 1 aliphatic heterocycles. The normalized spacial score (nSPS) is 23.8. The van der Waals surface area contributed by atoms with Crippen LogP contribution in [0.15, 0.2) is 47.2 Å². The monoisotopic (exact) mass is 394 g/mol. The second-order valence-electron chi connectivity index (χ2n) is 5.95. The molecule has 3 rings (SSSR count). The SMILES string of the molecule is CC(=O)O.COC1=CC=CC(C2OCC(N)=Nc3ccc(Cl)cc32)C1OC. The van der Waals surface area contributed by atoms with Gasteiger partial charge in [-0.3, -0.25) is 4.79 Å². The quantitative estimate of drug-likeness (QED) is 0.815. The molecule has 0 bridgehead atoms. The lowest BCUT2D eigenvalue weighted by Gasteiger charge is -2.33. The summed E-state index contributed by atoms with van der Waals surface area (Å²) in [7, 11) is 3.29. The number of hydrogen-bond acceptors (Lipinski definition) is 6. The van der Waals surface area contributed by atoms with E-state index in [9.17, 15) is 0 Å². The van der Waals surface area contributed by atoms with Crippen molar-refractivity contribution < 1.29 is 24.1 Å². The summed E-state index contributed by atoms with van der Waals surface area (Å²) in [6.45, 7) is 1.34. The maximum atomic E-state index is 9.00. The number of hydrogen-bond donors (Lipinski definition) is 2. The largest absolute Gasteiger partial charge is 0.498 e. The second-order valence-corrected chi connectivity index (χ2v) is 6.39. The Labute approximate surface area is 163 Å².